The summed E-state index contributed by atoms with van der Waals surface area (Å²) in [6, 6.07) is 10.4. The van der Waals surface area contributed by atoms with Crippen LogP contribution in [0, 0.1) is 12.8 Å². The van der Waals surface area contributed by atoms with Crippen molar-refractivity contribution in [2.45, 2.75) is 58.0 Å². The summed E-state index contributed by atoms with van der Waals surface area (Å²) in [5, 5.41) is 3.31. The van der Waals surface area contributed by atoms with Crippen molar-refractivity contribution in [3.8, 4) is 0 Å². The third kappa shape index (κ3) is 4.25. The molecule has 1 saturated carbocycles. The molecule has 0 aliphatic heterocycles. The molecule has 1 fully saturated rings. The molecule has 1 aliphatic carbocycles. The minimum absolute atomic E-state index is 0.0578. The standard InChI is InChI=1S/C20H27N3O/c1-16-21-13-15-23(16)14-12-19(17-8-4-2-5-9-17)22-20(24)18-10-6-3-7-11-18/h2,4-5,8-9,13,15,18-19H,3,6-7,10-12,14H2,1H3,(H,22,24). The normalized spacial score (nSPS) is 16.7. The number of nitrogens with one attached hydrogen (secondary N) is 1. The lowest BCUT2D eigenvalue weighted by atomic mass is 9.88. The van der Waals surface area contributed by atoms with Gasteiger partial charge in [0.05, 0.1) is 6.04 Å². The highest BCUT2D eigenvalue weighted by molar-refractivity contribution is 5.79. The quantitative estimate of drug-likeness (QED) is 0.872. The number of amides is 1. The van der Waals surface area contributed by atoms with Gasteiger partial charge < -0.3 is 9.88 Å². The highest BCUT2D eigenvalue weighted by Crippen LogP contribution is 2.25. The summed E-state index contributed by atoms with van der Waals surface area (Å²) in [5.41, 5.74) is 1.18. The van der Waals surface area contributed by atoms with Gasteiger partial charge in [0.25, 0.3) is 0 Å². The van der Waals surface area contributed by atoms with Gasteiger partial charge in [-0.15, -0.1) is 0 Å². The number of carbonyl (C=O) groups excluding carboxylic acids is 1. The molecular weight excluding hydrogens is 298 g/mol. The minimum atomic E-state index is 0.0578. The average Bonchev–Trinajstić information content (AvgIpc) is 3.05. The van der Waals surface area contributed by atoms with Crippen molar-refractivity contribution >= 4 is 5.91 Å². The first-order valence-electron chi connectivity index (χ1n) is 9.07. The van der Waals surface area contributed by atoms with Crippen LogP contribution in [0.4, 0.5) is 0 Å². The van der Waals surface area contributed by atoms with Crippen LogP contribution in [0.3, 0.4) is 0 Å². The van der Waals surface area contributed by atoms with E-state index in [1.165, 1.54) is 24.8 Å². The Bertz CT molecular complexity index is 644. The Balaban J connectivity index is 1.67. The Labute approximate surface area is 144 Å². The summed E-state index contributed by atoms with van der Waals surface area (Å²) in [6.07, 6.45) is 10.4. The fourth-order valence-corrected chi connectivity index (χ4v) is 3.57. The van der Waals surface area contributed by atoms with E-state index in [0.29, 0.717) is 0 Å². The summed E-state index contributed by atoms with van der Waals surface area (Å²) in [7, 11) is 0. The summed E-state index contributed by atoms with van der Waals surface area (Å²) in [4.78, 5) is 17.0. The SMILES string of the molecule is Cc1nccn1CCC(NC(=O)C1CCCCC1)c1ccccc1. The predicted octanol–water partition coefficient (Wildman–Crippen LogP) is 4.02. The van der Waals surface area contributed by atoms with Crippen LogP contribution in [0.15, 0.2) is 42.7 Å². The van der Waals surface area contributed by atoms with Crippen LogP contribution in [0.1, 0.15) is 56.0 Å². The number of carbonyl (C=O) groups is 1. The van der Waals surface area contributed by atoms with Crippen molar-refractivity contribution in [2.24, 2.45) is 5.92 Å². The molecule has 128 valence electrons. The summed E-state index contributed by atoms with van der Waals surface area (Å²) in [5.74, 6) is 1.44. The second-order valence-corrected chi connectivity index (χ2v) is 6.76. The van der Waals surface area contributed by atoms with Gasteiger partial charge in [-0.25, -0.2) is 4.98 Å². The Kier molecular flexibility index (Phi) is 5.68. The van der Waals surface area contributed by atoms with E-state index >= 15 is 0 Å². The number of nitrogens with zero attached hydrogens (tertiary/aromatic N) is 2. The van der Waals surface area contributed by atoms with E-state index in [1.54, 1.807) is 0 Å². The molecule has 0 radical (unpaired) electrons. The smallest absolute Gasteiger partial charge is 0.223 e. The molecule has 0 spiro atoms. The van der Waals surface area contributed by atoms with Gasteiger partial charge in [0.1, 0.15) is 5.82 Å². The number of imidazole rings is 1. The van der Waals surface area contributed by atoms with Gasteiger partial charge in [-0.3, -0.25) is 4.79 Å². The molecule has 0 bridgehead atoms. The van der Waals surface area contributed by atoms with Gasteiger partial charge in [-0.2, -0.15) is 0 Å². The lowest BCUT2D eigenvalue weighted by Gasteiger charge is -2.25. The molecule has 0 saturated heterocycles. The molecule has 1 aromatic heterocycles. The Morgan fingerprint density at radius 3 is 2.67 bits per heavy atom. The van der Waals surface area contributed by atoms with Crippen molar-refractivity contribution < 1.29 is 4.79 Å². The van der Waals surface area contributed by atoms with Crippen LogP contribution in [0.2, 0.25) is 0 Å². The number of benzene rings is 1. The third-order valence-corrected chi connectivity index (χ3v) is 5.08. The van der Waals surface area contributed by atoms with Crippen molar-refractivity contribution in [3.63, 3.8) is 0 Å². The maximum atomic E-state index is 12.7. The van der Waals surface area contributed by atoms with Crippen LogP contribution in [-0.4, -0.2) is 15.5 Å². The zero-order valence-corrected chi connectivity index (χ0v) is 14.4. The summed E-state index contributed by atoms with van der Waals surface area (Å²) >= 11 is 0. The van der Waals surface area contributed by atoms with E-state index in [0.717, 1.165) is 31.6 Å². The molecule has 1 atom stereocenters. The maximum Gasteiger partial charge on any atom is 0.223 e. The van der Waals surface area contributed by atoms with Crippen molar-refractivity contribution in [1.82, 2.24) is 14.9 Å². The van der Waals surface area contributed by atoms with E-state index in [2.05, 4.69) is 27.0 Å². The van der Waals surface area contributed by atoms with Gasteiger partial charge >= 0.3 is 0 Å². The van der Waals surface area contributed by atoms with E-state index in [4.69, 9.17) is 0 Å². The molecular formula is C20H27N3O. The highest BCUT2D eigenvalue weighted by atomic mass is 16.1. The van der Waals surface area contributed by atoms with E-state index in [1.807, 2.05) is 37.5 Å². The van der Waals surface area contributed by atoms with E-state index in [-0.39, 0.29) is 17.9 Å². The molecule has 2 aromatic rings. The molecule has 24 heavy (non-hydrogen) atoms. The summed E-state index contributed by atoms with van der Waals surface area (Å²) in [6.45, 7) is 2.87. The zero-order chi connectivity index (χ0) is 16.8. The molecule has 1 N–H and O–H groups in total. The van der Waals surface area contributed by atoms with Crippen molar-refractivity contribution in [1.29, 1.82) is 0 Å². The molecule has 1 amide bonds. The Morgan fingerprint density at radius 1 is 1.25 bits per heavy atom. The fraction of sp³-hybridized carbons (Fsp3) is 0.500. The Morgan fingerprint density at radius 2 is 2.00 bits per heavy atom. The van der Waals surface area contributed by atoms with E-state index < -0.39 is 0 Å². The average molecular weight is 325 g/mol. The first kappa shape index (κ1) is 16.7. The van der Waals surface area contributed by atoms with Gasteiger partial charge in [-0.1, -0.05) is 49.6 Å². The summed E-state index contributed by atoms with van der Waals surface area (Å²) < 4.78 is 2.14. The zero-order valence-electron chi connectivity index (χ0n) is 14.4. The lowest BCUT2D eigenvalue weighted by Crippen LogP contribution is -2.35. The number of aryl methyl sites for hydroxylation is 2. The van der Waals surface area contributed by atoms with Gasteiger partial charge in [0.15, 0.2) is 0 Å². The highest BCUT2D eigenvalue weighted by Gasteiger charge is 2.24. The van der Waals surface area contributed by atoms with Crippen LogP contribution in [0.5, 0.6) is 0 Å². The number of aromatic nitrogens is 2. The second-order valence-electron chi connectivity index (χ2n) is 6.76. The van der Waals surface area contributed by atoms with Crippen LogP contribution in [0.25, 0.3) is 0 Å². The molecule has 4 heteroatoms. The second kappa shape index (κ2) is 8.13. The van der Waals surface area contributed by atoms with E-state index in [9.17, 15) is 4.79 Å². The van der Waals surface area contributed by atoms with Crippen molar-refractivity contribution in [3.05, 3.63) is 54.1 Å². The molecule has 3 rings (SSSR count). The molecule has 1 aliphatic rings. The fourth-order valence-electron chi connectivity index (χ4n) is 3.57. The molecule has 1 aromatic carbocycles. The monoisotopic (exact) mass is 325 g/mol. The topological polar surface area (TPSA) is 46.9 Å². The molecule has 1 heterocycles. The lowest BCUT2D eigenvalue weighted by molar-refractivity contribution is -0.126. The van der Waals surface area contributed by atoms with Crippen LogP contribution >= 0.6 is 0 Å². The first-order valence-corrected chi connectivity index (χ1v) is 9.07. The maximum absolute atomic E-state index is 12.7. The predicted molar refractivity (Wildman–Crippen MR) is 95.5 cm³/mol. The van der Waals surface area contributed by atoms with Crippen LogP contribution < -0.4 is 5.32 Å². The van der Waals surface area contributed by atoms with Gasteiger partial charge in [0, 0.05) is 24.9 Å². The largest absolute Gasteiger partial charge is 0.349 e. The number of hydrogen-bond donors (Lipinski definition) is 1. The first-order chi connectivity index (χ1) is 11.7. The third-order valence-electron chi connectivity index (χ3n) is 5.08. The number of hydrogen-bond acceptors (Lipinski definition) is 2. The van der Waals surface area contributed by atoms with Crippen LogP contribution in [-0.2, 0) is 11.3 Å². The Hall–Kier alpha value is -2.10. The van der Waals surface area contributed by atoms with Gasteiger partial charge in [-0.05, 0) is 31.7 Å². The van der Waals surface area contributed by atoms with Gasteiger partial charge in [0.2, 0.25) is 5.91 Å². The number of rotatable bonds is 6. The minimum Gasteiger partial charge on any atom is -0.349 e. The molecule has 4 nitrogen and oxygen atoms in total. The molecule has 1 unspecified atom stereocenters. The van der Waals surface area contributed by atoms with Crippen molar-refractivity contribution in [2.75, 3.05) is 0 Å².